The Morgan fingerprint density at radius 2 is 0.292 bits per heavy atom. The number of hydrogen-bond donors (Lipinski definition) is 0. The van der Waals surface area contributed by atoms with Crippen LogP contribution in [0.15, 0.2) is 524 Å². The minimum atomic E-state index is -4.38. The van der Waals surface area contributed by atoms with Gasteiger partial charge in [0.2, 0.25) is 0 Å². The molecule has 704 valence electrons. The van der Waals surface area contributed by atoms with Crippen LogP contribution in [-0.2, 0) is 39.8 Å². The third kappa shape index (κ3) is 14.8. The van der Waals surface area contributed by atoms with Crippen LogP contribution in [0.2, 0.25) is 0 Å². The van der Waals surface area contributed by atoms with Gasteiger partial charge in [-0.25, -0.2) is 0 Å². The molecule has 4 aliphatic heterocycles. The summed E-state index contributed by atoms with van der Waals surface area (Å²) in [6, 6.07) is 174. The minimum Gasteiger partial charge on any atom is -0.310 e. The van der Waals surface area contributed by atoms with Crippen molar-refractivity contribution in [2.24, 2.45) is 0 Å². The second-order valence-corrected chi connectivity index (χ2v) is 50.0. The Hall–Kier alpha value is -16.1. The summed E-state index contributed by atoms with van der Waals surface area (Å²) < 4.78 is 36.9. The minimum absolute atomic E-state index is 0.0197. The molecular weight excluding hydrogens is 1790 g/mol. The third-order valence-corrected chi connectivity index (χ3v) is 39.4. The van der Waals surface area contributed by atoms with Gasteiger partial charge in [0.25, 0.3) is 0 Å². The summed E-state index contributed by atoms with van der Waals surface area (Å²) in [5.74, 6) is 0. The first-order chi connectivity index (χ1) is 69.6. The molecular formula is C136H116N4O2S2. The van der Waals surface area contributed by atoms with Crippen LogP contribution in [0, 0.1) is 0 Å². The molecule has 0 bridgehead atoms. The van der Waals surface area contributed by atoms with Gasteiger partial charge in [-0.15, -0.1) is 0 Å². The first kappa shape index (κ1) is 91.7. The van der Waals surface area contributed by atoms with Crippen molar-refractivity contribution in [1.82, 2.24) is 0 Å². The van der Waals surface area contributed by atoms with Crippen LogP contribution in [0.1, 0.15) is 105 Å². The van der Waals surface area contributed by atoms with E-state index in [0.29, 0.717) is 0 Å². The Morgan fingerprint density at radius 3 is 0.465 bits per heavy atom. The van der Waals surface area contributed by atoms with Gasteiger partial charge in [0.05, 0.1) is 22.7 Å². The molecule has 20 aromatic carbocycles. The zero-order valence-corrected chi connectivity index (χ0v) is 85.2. The Bertz CT molecular complexity index is 7690. The maximum absolute atomic E-state index is 18.5. The summed E-state index contributed by atoms with van der Waals surface area (Å²) in [5.41, 5.74) is 33.8. The highest BCUT2D eigenvalue weighted by molar-refractivity contribution is 8.21. The summed E-state index contributed by atoms with van der Waals surface area (Å²) in [6.07, 6.45) is 0. The molecule has 2 spiro atoms. The van der Waals surface area contributed by atoms with E-state index < -0.39 is 18.1 Å². The molecule has 4 heterocycles. The Balaban J connectivity index is 0.000000161. The van der Waals surface area contributed by atoms with Gasteiger partial charge in [-0.05, 0) is 281 Å². The lowest BCUT2D eigenvalue weighted by molar-refractivity contribution is 0.590. The van der Waals surface area contributed by atoms with Crippen LogP contribution in [0.3, 0.4) is 0 Å². The second-order valence-electron chi connectivity index (χ2n) is 42.7. The van der Waals surface area contributed by atoms with E-state index >= 15 is 8.42 Å². The van der Waals surface area contributed by atoms with E-state index in [2.05, 4.69) is 588 Å². The summed E-state index contributed by atoms with van der Waals surface area (Å²) in [5, 5.41) is 0. The smallest absolute Gasteiger partial charge is 0.0553 e. The summed E-state index contributed by atoms with van der Waals surface area (Å²) >= 11 is 0. The number of nitrogens with zero attached hydrogens (tertiary/aromatic N) is 4. The molecule has 6 nitrogen and oxygen atoms in total. The van der Waals surface area contributed by atoms with E-state index in [0.717, 1.165) is 196 Å². The predicted molar refractivity (Wildman–Crippen MR) is 605 cm³/mol. The highest BCUT2D eigenvalue weighted by atomic mass is 32.3. The molecule has 4 aliphatic rings. The molecule has 0 aliphatic carbocycles. The zero-order valence-electron chi connectivity index (χ0n) is 83.6. The van der Waals surface area contributed by atoms with E-state index in [1.54, 1.807) is 0 Å². The number of benzene rings is 20. The van der Waals surface area contributed by atoms with Gasteiger partial charge in [0.15, 0.2) is 0 Å². The van der Waals surface area contributed by atoms with Crippen molar-refractivity contribution in [2.75, 3.05) is 19.6 Å². The Morgan fingerprint density at radius 1 is 0.146 bits per heavy atom. The van der Waals surface area contributed by atoms with Gasteiger partial charge in [-0.1, -0.05) is 399 Å². The van der Waals surface area contributed by atoms with Gasteiger partial charge >= 0.3 is 0 Å². The van der Waals surface area contributed by atoms with Crippen molar-refractivity contribution >= 4 is 86.4 Å². The molecule has 0 unspecified atom stereocenters. The van der Waals surface area contributed by atoms with Crippen LogP contribution in [0.5, 0.6) is 0 Å². The Labute approximate surface area is 848 Å². The molecule has 0 amide bonds. The number of rotatable bonds is 16. The highest BCUT2D eigenvalue weighted by Crippen LogP contribution is 2.76. The lowest BCUT2D eigenvalue weighted by Crippen LogP contribution is -2.30. The molecule has 0 saturated heterocycles. The Kier molecular flexibility index (Phi) is 22.2. The van der Waals surface area contributed by atoms with Crippen LogP contribution in [0.25, 0.3) is 89.0 Å². The SMILES string of the molecule is CC(C)(C)c1ccc(N(c2ccc(C(C)(C)C)cc2)c2cccc3c2-c2c(N(c4ccc(C(C)(C)C)cc4)c4ccc(C(C)(C)C)cc4)cccc2S32(=O)c3ccccc3-c3ccccc32)cc1.O=S12(c3ccccc3-c3ccccc31)c1cccc(N(c3ccc(-c4ccccc4)cc3)c3ccc(-c4ccccc4)cc3)c1-c1c(N(c3ccc(-c4ccccc4)cc3)c3ccc(-c4ccccc4)cc3)cccc12. The summed E-state index contributed by atoms with van der Waals surface area (Å²) in [7, 11) is -8.68. The molecule has 0 fully saturated rings. The normalized spacial score (nSPS) is 14.3. The standard InChI is InChI=1S/C72H50N2OS.C64H66N2OS/c75-76(67-31-15-13-27-63(67)64-28-14-16-32-68(64)76)69-33-17-29-65(73(59-43-35-55(36-44-59)51-19-5-1-6-20-51)60-45-37-56(38-46-60)52-21-7-2-8-22-52)71(69)72-66(30-18-34-70(72)76)74(61-47-39-57(40-48-61)53-23-9-3-10-24-53)62-49-41-58(42-50-62)54-25-11-4-12-26-54;1-61(2,3)43-27-35-47(36-28-43)65(48-37-29-44(30-38-48)62(4,5)6)53-21-17-25-57-59(53)60-54(22-18-26-58(60)68(57,67)55-23-15-13-19-51(55)52-20-14-16-24-56(52)68)66(49-39-31-45(32-40-49)63(7,8)9)50-41-33-46(34-42-50)64(10,11)12/h1-50H;13-42H,1-12H3. The molecule has 0 aromatic heterocycles. The van der Waals surface area contributed by atoms with Crippen molar-refractivity contribution in [1.29, 1.82) is 0 Å². The predicted octanol–water partition coefficient (Wildman–Crippen LogP) is 37.7. The molecule has 0 radical (unpaired) electrons. The topological polar surface area (TPSA) is 47.1 Å². The first-order valence-electron chi connectivity index (χ1n) is 50.1. The van der Waals surface area contributed by atoms with E-state index in [9.17, 15) is 0 Å². The van der Waals surface area contributed by atoms with Crippen LogP contribution >= 0.6 is 0 Å². The summed E-state index contributed by atoms with van der Waals surface area (Å²) in [4.78, 5) is 16.2. The molecule has 8 heteroatoms. The van der Waals surface area contributed by atoms with Crippen molar-refractivity contribution in [3.63, 3.8) is 0 Å². The molecule has 0 N–H and O–H groups in total. The van der Waals surface area contributed by atoms with Crippen molar-refractivity contribution < 1.29 is 8.42 Å². The molecule has 24 rings (SSSR count). The number of fused-ring (bicyclic) bond motifs is 20. The van der Waals surface area contributed by atoms with Gasteiger partial charge in [-0.3, -0.25) is 8.42 Å². The highest BCUT2D eigenvalue weighted by Gasteiger charge is 2.61. The average molecular weight is 1900 g/mol. The van der Waals surface area contributed by atoms with Crippen LogP contribution in [-0.4, -0.2) is 8.42 Å². The van der Waals surface area contributed by atoms with Crippen LogP contribution < -0.4 is 19.6 Å². The fourth-order valence-electron chi connectivity index (χ4n) is 22.5. The largest absolute Gasteiger partial charge is 0.310 e. The number of hydrogen-bond acceptors (Lipinski definition) is 6. The summed E-state index contributed by atoms with van der Waals surface area (Å²) in [6.45, 7) is 27.2. The molecule has 144 heavy (non-hydrogen) atoms. The molecule has 0 saturated carbocycles. The lowest BCUT2D eigenvalue weighted by atomic mass is 9.86. The van der Waals surface area contributed by atoms with E-state index in [4.69, 9.17) is 0 Å². The third-order valence-electron chi connectivity index (χ3n) is 29.9. The van der Waals surface area contributed by atoms with Gasteiger partial charge in [0.1, 0.15) is 0 Å². The van der Waals surface area contributed by atoms with Crippen molar-refractivity contribution in [3.05, 3.63) is 508 Å². The fraction of sp³-hybridized carbons (Fsp3) is 0.118. The monoisotopic (exact) mass is 1900 g/mol. The maximum atomic E-state index is 18.5. The van der Waals surface area contributed by atoms with E-state index in [-0.39, 0.29) is 21.7 Å². The zero-order chi connectivity index (χ0) is 98.9. The lowest BCUT2D eigenvalue weighted by Gasteiger charge is -2.39. The van der Waals surface area contributed by atoms with Crippen molar-refractivity contribution in [2.45, 2.75) is 144 Å². The quantitative estimate of drug-likeness (QED) is 0.0961. The molecule has 20 aromatic rings. The first-order valence-corrected chi connectivity index (χ1v) is 54.1. The van der Waals surface area contributed by atoms with E-state index in [1.165, 1.54) is 22.3 Å². The van der Waals surface area contributed by atoms with Gasteiger partial charge in [0, 0.05) is 125 Å². The van der Waals surface area contributed by atoms with Gasteiger partial charge in [-0.2, -0.15) is 0 Å². The van der Waals surface area contributed by atoms with E-state index in [1.807, 2.05) is 0 Å². The second kappa shape index (κ2) is 35.0. The van der Waals surface area contributed by atoms with Crippen molar-refractivity contribution in [3.8, 4) is 89.0 Å². The molecule has 0 atom stereocenters. The maximum Gasteiger partial charge on any atom is 0.0553 e. The number of anilines is 12. The fourth-order valence-corrected chi connectivity index (χ4v) is 32.9. The van der Waals surface area contributed by atoms with Gasteiger partial charge < -0.3 is 19.6 Å². The average Bonchev–Trinajstić information content (AvgIpc) is 1.47. The van der Waals surface area contributed by atoms with Crippen LogP contribution in [0.4, 0.5) is 68.2 Å².